The van der Waals surface area contributed by atoms with Gasteiger partial charge in [0.25, 0.3) is 0 Å². The van der Waals surface area contributed by atoms with Crippen LogP contribution in [0.25, 0.3) is 6.08 Å². The molecule has 2 aromatic carbocycles. The summed E-state index contributed by atoms with van der Waals surface area (Å²) < 4.78 is 5.82. The van der Waals surface area contributed by atoms with Gasteiger partial charge in [0, 0.05) is 24.4 Å². The van der Waals surface area contributed by atoms with Gasteiger partial charge < -0.3 is 4.43 Å². The zero-order valence-electron chi connectivity index (χ0n) is 10.3. The molecule has 0 spiro atoms. The molecular formula is C15H12LiOSi. The second kappa shape index (κ2) is 6.11. The van der Waals surface area contributed by atoms with Gasteiger partial charge in [-0.1, -0.05) is 54.6 Å². The molecule has 83 valence electrons. The second-order valence-corrected chi connectivity index (χ2v) is 5.06. The molecule has 0 saturated heterocycles. The van der Waals surface area contributed by atoms with Gasteiger partial charge in [0.05, 0.1) is 0 Å². The van der Waals surface area contributed by atoms with E-state index in [0.717, 1.165) is 5.75 Å². The Morgan fingerprint density at radius 3 is 2.44 bits per heavy atom. The number of benzene rings is 2. The average Bonchev–Trinajstić information content (AvgIpc) is 2.81. The summed E-state index contributed by atoms with van der Waals surface area (Å²) in [5.41, 5.74) is 3.11. The van der Waals surface area contributed by atoms with E-state index in [1.165, 1.54) is 11.1 Å². The Morgan fingerprint density at radius 2 is 1.61 bits per heavy atom. The monoisotopic (exact) mass is 243 g/mol. The van der Waals surface area contributed by atoms with Gasteiger partial charge in [-0.2, -0.15) is 0 Å². The standard InChI is InChI=1S/C15H12OSi.Li/c1-2-7-13(8-3-1)16-17-15-11-10-12-6-4-5-9-14(12)15;/h1-11,15H;. The van der Waals surface area contributed by atoms with Crippen molar-refractivity contribution in [1.29, 1.82) is 0 Å². The van der Waals surface area contributed by atoms with Gasteiger partial charge in [-0.15, -0.1) is 0 Å². The van der Waals surface area contributed by atoms with Crippen LogP contribution in [-0.4, -0.2) is 28.6 Å². The van der Waals surface area contributed by atoms with Gasteiger partial charge in [-0.05, 0) is 23.3 Å². The molecule has 0 amide bonds. The van der Waals surface area contributed by atoms with Crippen LogP contribution in [0.5, 0.6) is 5.75 Å². The summed E-state index contributed by atoms with van der Waals surface area (Å²) in [6, 6.07) is 18.5. The van der Waals surface area contributed by atoms with E-state index in [2.05, 4.69) is 36.4 Å². The Balaban J connectivity index is 0.00000120. The summed E-state index contributed by atoms with van der Waals surface area (Å²) in [5, 5.41) is 0. The summed E-state index contributed by atoms with van der Waals surface area (Å²) in [6.45, 7) is 0. The second-order valence-electron chi connectivity index (χ2n) is 4.00. The van der Waals surface area contributed by atoms with Crippen molar-refractivity contribution >= 4 is 34.7 Å². The van der Waals surface area contributed by atoms with E-state index in [-0.39, 0.29) is 18.9 Å². The van der Waals surface area contributed by atoms with Gasteiger partial charge in [0.15, 0.2) is 0 Å². The molecule has 1 atom stereocenters. The van der Waals surface area contributed by atoms with Crippen LogP contribution in [0, 0.1) is 0 Å². The molecule has 1 aliphatic carbocycles. The maximum atomic E-state index is 5.82. The Hall–Kier alpha value is -1.21. The van der Waals surface area contributed by atoms with Crippen LogP contribution >= 0.6 is 0 Å². The number of fused-ring (bicyclic) bond motifs is 1. The van der Waals surface area contributed by atoms with Gasteiger partial charge >= 0.3 is 9.76 Å². The van der Waals surface area contributed by atoms with Crippen molar-refractivity contribution in [1.82, 2.24) is 0 Å². The van der Waals surface area contributed by atoms with Gasteiger partial charge in [0.2, 0.25) is 0 Å². The number of hydrogen-bond acceptors (Lipinski definition) is 1. The normalized spacial score (nSPS) is 15.9. The number of hydrogen-bond donors (Lipinski definition) is 0. The van der Waals surface area contributed by atoms with E-state index < -0.39 is 0 Å². The van der Waals surface area contributed by atoms with E-state index in [0.29, 0.717) is 15.3 Å². The van der Waals surface area contributed by atoms with E-state index in [9.17, 15) is 0 Å². The Kier molecular flexibility index (Phi) is 4.49. The maximum Gasteiger partial charge on any atom is 0.323 e. The molecule has 0 fully saturated rings. The Bertz CT molecular complexity index is 539. The third-order valence-electron chi connectivity index (χ3n) is 2.85. The average molecular weight is 243 g/mol. The first-order chi connectivity index (χ1) is 8.43. The van der Waals surface area contributed by atoms with Gasteiger partial charge in [-0.25, -0.2) is 0 Å². The van der Waals surface area contributed by atoms with Crippen molar-refractivity contribution in [3.05, 3.63) is 71.8 Å². The Labute approximate surface area is 122 Å². The molecule has 0 heterocycles. The topological polar surface area (TPSA) is 9.23 Å². The number of para-hydroxylation sites is 1. The first-order valence-corrected chi connectivity index (χ1v) is 6.66. The fourth-order valence-electron chi connectivity index (χ4n) is 1.97. The van der Waals surface area contributed by atoms with E-state index in [4.69, 9.17) is 4.43 Å². The summed E-state index contributed by atoms with van der Waals surface area (Å²) >= 11 is 0. The zero-order chi connectivity index (χ0) is 11.5. The van der Waals surface area contributed by atoms with Crippen LogP contribution in [0.3, 0.4) is 0 Å². The SMILES string of the molecule is C1=CC([Si]Oc2ccccc2)c2ccccc21.[Li]. The molecule has 0 aliphatic heterocycles. The van der Waals surface area contributed by atoms with Crippen LogP contribution in [0.2, 0.25) is 0 Å². The minimum Gasteiger partial charge on any atom is -0.540 e. The molecule has 1 aliphatic rings. The molecule has 18 heavy (non-hydrogen) atoms. The minimum atomic E-state index is 0. The molecule has 3 heteroatoms. The maximum absolute atomic E-state index is 5.82. The minimum absolute atomic E-state index is 0. The molecule has 3 rings (SSSR count). The first-order valence-electron chi connectivity index (χ1n) is 5.68. The molecule has 0 N–H and O–H groups in total. The van der Waals surface area contributed by atoms with Gasteiger partial charge in [0.1, 0.15) is 5.75 Å². The largest absolute Gasteiger partial charge is 0.540 e. The summed E-state index contributed by atoms with van der Waals surface area (Å²) in [7, 11) is 0.444. The molecular weight excluding hydrogens is 231 g/mol. The van der Waals surface area contributed by atoms with E-state index in [1.54, 1.807) is 0 Å². The third kappa shape index (κ3) is 2.78. The van der Waals surface area contributed by atoms with E-state index in [1.807, 2.05) is 30.3 Å². The van der Waals surface area contributed by atoms with Gasteiger partial charge in [-0.3, -0.25) is 0 Å². The van der Waals surface area contributed by atoms with Crippen LogP contribution in [0.1, 0.15) is 16.7 Å². The predicted octanol–water partition coefficient (Wildman–Crippen LogP) is 3.07. The van der Waals surface area contributed by atoms with Crippen molar-refractivity contribution < 1.29 is 4.43 Å². The van der Waals surface area contributed by atoms with Crippen LogP contribution in [0.15, 0.2) is 60.7 Å². The molecule has 1 nitrogen and oxygen atoms in total. The zero-order valence-corrected chi connectivity index (χ0v) is 11.3. The molecule has 2 aromatic rings. The van der Waals surface area contributed by atoms with Crippen LogP contribution in [0.4, 0.5) is 0 Å². The Morgan fingerprint density at radius 1 is 0.889 bits per heavy atom. The molecule has 0 bridgehead atoms. The number of rotatable bonds is 3. The van der Waals surface area contributed by atoms with Crippen molar-refractivity contribution in [2.45, 2.75) is 5.54 Å². The van der Waals surface area contributed by atoms with E-state index >= 15 is 0 Å². The smallest absolute Gasteiger partial charge is 0.323 e. The first kappa shape index (κ1) is 13.2. The predicted molar refractivity (Wildman–Crippen MR) is 76.8 cm³/mol. The van der Waals surface area contributed by atoms with Crippen LogP contribution in [-0.2, 0) is 0 Å². The van der Waals surface area contributed by atoms with Crippen LogP contribution < -0.4 is 4.43 Å². The quantitative estimate of drug-likeness (QED) is 0.753. The molecule has 0 aromatic heterocycles. The summed E-state index contributed by atoms with van der Waals surface area (Å²) in [4.78, 5) is 0. The summed E-state index contributed by atoms with van der Waals surface area (Å²) in [6.07, 6.45) is 4.41. The third-order valence-corrected chi connectivity index (χ3v) is 3.96. The van der Waals surface area contributed by atoms with Crippen molar-refractivity contribution in [3.8, 4) is 5.75 Å². The molecule has 1 unspecified atom stereocenters. The molecule has 3 radical (unpaired) electrons. The fourth-order valence-corrected chi connectivity index (χ4v) is 2.94. The number of allylic oxidation sites excluding steroid dienone is 1. The fraction of sp³-hybridized carbons (Fsp3) is 0.0667. The van der Waals surface area contributed by atoms with Crippen molar-refractivity contribution in [2.75, 3.05) is 0 Å². The van der Waals surface area contributed by atoms with Crippen molar-refractivity contribution in [3.63, 3.8) is 0 Å². The molecule has 0 saturated carbocycles. The summed E-state index contributed by atoms with van der Waals surface area (Å²) in [5.74, 6) is 0.948. The van der Waals surface area contributed by atoms with Crippen molar-refractivity contribution in [2.24, 2.45) is 0 Å².